The Balaban J connectivity index is 0.00000841. The maximum atomic E-state index is 12.6. The van der Waals surface area contributed by atoms with Crippen molar-refractivity contribution in [3.05, 3.63) is 0 Å². The highest BCUT2D eigenvalue weighted by molar-refractivity contribution is 14.0. The Kier molecular flexibility index (Phi) is 13.9. The highest BCUT2D eigenvalue weighted by Crippen LogP contribution is 2.30. The molecule has 1 aliphatic heterocycles. The molecule has 1 aliphatic rings. The fraction of sp³-hybridized carbons (Fsp3) is 0.882. The number of nitrogens with one attached hydrogen (secondary N) is 2. The molecule has 0 unspecified atom stereocenters. The Morgan fingerprint density at radius 2 is 1.80 bits per heavy atom. The van der Waals surface area contributed by atoms with Crippen LogP contribution < -0.4 is 10.6 Å². The van der Waals surface area contributed by atoms with Gasteiger partial charge in [0, 0.05) is 39.1 Å². The normalized spacial score (nSPS) is 16.6. The standard InChI is InChI=1S/C17H31F3N4O4S.HI/c1-3-21-16(22-10-6-4-5-7-15(25)28-2)23-13-14-8-11-24(12-9-14)29(26,27)17(18,19)20;/h14H,3-13H2,1-2H3,(H2,21,22,23);1H. The van der Waals surface area contributed by atoms with Gasteiger partial charge < -0.3 is 15.4 Å². The monoisotopic (exact) mass is 572 g/mol. The molecular weight excluding hydrogens is 540 g/mol. The van der Waals surface area contributed by atoms with Crippen molar-refractivity contribution >= 4 is 45.9 Å². The van der Waals surface area contributed by atoms with Gasteiger partial charge in [0.25, 0.3) is 0 Å². The van der Waals surface area contributed by atoms with Gasteiger partial charge in [-0.25, -0.2) is 8.42 Å². The van der Waals surface area contributed by atoms with Gasteiger partial charge in [0.05, 0.1) is 7.11 Å². The minimum atomic E-state index is -5.25. The van der Waals surface area contributed by atoms with Crippen molar-refractivity contribution in [2.75, 3.05) is 39.8 Å². The number of ether oxygens (including phenoxy) is 1. The van der Waals surface area contributed by atoms with Crippen LogP contribution >= 0.6 is 24.0 Å². The number of unbranched alkanes of at least 4 members (excludes halogenated alkanes) is 2. The van der Waals surface area contributed by atoms with E-state index in [0.717, 1.165) is 19.3 Å². The number of piperidine rings is 1. The number of guanidine groups is 1. The SMILES string of the molecule is CCNC(=NCC1CCN(S(=O)(=O)C(F)(F)F)CC1)NCCCCCC(=O)OC.I. The molecule has 0 bridgehead atoms. The fourth-order valence-corrected chi connectivity index (χ4v) is 3.90. The second-order valence-electron chi connectivity index (χ2n) is 6.83. The number of hydrogen-bond donors (Lipinski definition) is 2. The van der Waals surface area contributed by atoms with E-state index in [1.165, 1.54) is 7.11 Å². The lowest BCUT2D eigenvalue weighted by atomic mass is 9.98. The molecule has 0 aromatic heterocycles. The van der Waals surface area contributed by atoms with Gasteiger partial charge in [-0.15, -0.1) is 24.0 Å². The molecule has 178 valence electrons. The van der Waals surface area contributed by atoms with Crippen LogP contribution in [0.4, 0.5) is 13.2 Å². The van der Waals surface area contributed by atoms with Crippen molar-refractivity contribution in [2.45, 2.75) is 51.0 Å². The Morgan fingerprint density at radius 1 is 1.17 bits per heavy atom. The van der Waals surface area contributed by atoms with E-state index in [0.29, 0.717) is 49.2 Å². The van der Waals surface area contributed by atoms with Gasteiger partial charge >= 0.3 is 21.5 Å². The van der Waals surface area contributed by atoms with Crippen LogP contribution in [-0.2, 0) is 19.6 Å². The zero-order valence-electron chi connectivity index (χ0n) is 17.3. The van der Waals surface area contributed by atoms with E-state index >= 15 is 0 Å². The topological polar surface area (TPSA) is 100 Å². The summed E-state index contributed by atoms with van der Waals surface area (Å²) in [5, 5.41) is 6.29. The van der Waals surface area contributed by atoms with Gasteiger partial charge in [-0.05, 0) is 38.5 Å². The summed E-state index contributed by atoms with van der Waals surface area (Å²) in [4.78, 5) is 15.5. The first-order valence-corrected chi connectivity index (χ1v) is 11.2. The van der Waals surface area contributed by atoms with Crippen LogP contribution in [-0.4, -0.2) is 70.0 Å². The molecule has 2 N–H and O–H groups in total. The molecule has 0 aromatic carbocycles. The molecule has 1 fully saturated rings. The number of hydrogen-bond acceptors (Lipinski definition) is 5. The highest BCUT2D eigenvalue weighted by Gasteiger charge is 2.50. The molecule has 1 saturated heterocycles. The van der Waals surface area contributed by atoms with Gasteiger partial charge in [-0.2, -0.15) is 17.5 Å². The third-order valence-corrected chi connectivity index (χ3v) is 6.27. The fourth-order valence-electron chi connectivity index (χ4n) is 2.92. The average Bonchev–Trinajstić information content (AvgIpc) is 2.67. The minimum absolute atomic E-state index is 0. The summed E-state index contributed by atoms with van der Waals surface area (Å²) in [5.74, 6) is 0.429. The smallest absolute Gasteiger partial charge is 0.469 e. The van der Waals surface area contributed by atoms with Gasteiger partial charge in [-0.3, -0.25) is 9.79 Å². The molecule has 0 saturated carbocycles. The number of methoxy groups -OCH3 is 1. The predicted molar refractivity (Wildman–Crippen MR) is 119 cm³/mol. The molecule has 1 heterocycles. The molecule has 30 heavy (non-hydrogen) atoms. The molecule has 0 aliphatic carbocycles. The molecule has 0 spiro atoms. The van der Waals surface area contributed by atoms with Crippen LogP contribution in [0.15, 0.2) is 4.99 Å². The van der Waals surface area contributed by atoms with Crippen molar-refractivity contribution in [3.63, 3.8) is 0 Å². The van der Waals surface area contributed by atoms with E-state index in [4.69, 9.17) is 0 Å². The maximum absolute atomic E-state index is 12.6. The molecule has 0 atom stereocenters. The number of sulfonamides is 1. The Bertz CT molecular complexity index is 639. The van der Waals surface area contributed by atoms with Crippen LogP contribution in [0.25, 0.3) is 0 Å². The second-order valence-corrected chi connectivity index (χ2v) is 8.76. The number of esters is 1. The number of aliphatic imine (C=N–C) groups is 1. The lowest BCUT2D eigenvalue weighted by molar-refractivity contribution is -0.140. The first kappa shape index (κ1) is 29.2. The second kappa shape index (κ2) is 14.3. The van der Waals surface area contributed by atoms with Crippen LogP contribution in [0, 0.1) is 5.92 Å². The van der Waals surface area contributed by atoms with Crippen molar-refractivity contribution in [2.24, 2.45) is 10.9 Å². The molecule has 8 nitrogen and oxygen atoms in total. The molecular formula is C17H32F3IN4O4S. The number of rotatable bonds is 10. The first-order valence-electron chi connectivity index (χ1n) is 9.77. The lowest BCUT2D eigenvalue weighted by Gasteiger charge is -2.30. The Hall–Kier alpha value is -0.830. The van der Waals surface area contributed by atoms with E-state index in [9.17, 15) is 26.4 Å². The van der Waals surface area contributed by atoms with E-state index < -0.39 is 15.5 Å². The summed E-state index contributed by atoms with van der Waals surface area (Å²) in [6.45, 7) is 3.38. The summed E-state index contributed by atoms with van der Waals surface area (Å²) in [6, 6.07) is 0. The van der Waals surface area contributed by atoms with Gasteiger partial charge in [0.2, 0.25) is 0 Å². The highest BCUT2D eigenvalue weighted by atomic mass is 127. The summed E-state index contributed by atoms with van der Waals surface area (Å²) in [5.41, 5.74) is -5.25. The number of nitrogens with zero attached hydrogens (tertiary/aromatic N) is 2. The number of halogens is 4. The van der Waals surface area contributed by atoms with E-state index in [1.54, 1.807) is 0 Å². The molecule has 0 aromatic rings. The van der Waals surface area contributed by atoms with E-state index in [-0.39, 0.29) is 49.0 Å². The summed E-state index contributed by atoms with van der Waals surface area (Å²) < 4.78 is 65.8. The molecule has 0 radical (unpaired) electrons. The van der Waals surface area contributed by atoms with Crippen LogP contribution in [0.2, 0.25) is 0 Å². The van der Waals surface area contributed by atoms with Gasteiger partial charge in [-0.1, -0.05) is 6.42 Å². The van der Waals surface area contributed by atoms with Crippen molar-refractivity contribution in [1.29, 1.82) is 0 Å². The summed E-state index contributed by atoms with van der Waals surface area (Å²) in [7, 11) is -3.88. The third kappa shape index (κ3) is 9.98. The van der Waals surface area contributed by atoms with Gasteiger partial charge in [0.15, 0.2) is 5.96 Å². The number of carbonyl (C=O) groups excluding carboxylic acids is 1. The average molecular weight is 572 g/mol. The molecule has 0 amide bonds. The number of alkyl halides is 3. The van der Waals surface area contributed by atoms with Crippen molar-refractivity contribution in [3.8, 4) is 0 Å². The zero-order chi connectivity index (χ0) is 21.9. The van der Waals surface area contributed by atoms with Gasteiger partial charge in [0.1, 0.15) is 0 Å². The van der Waals surface area contributed by atoms with Crippen molar-refractivity contribution < 1.29 is 31.1 Å². The van der Waals surface area contributed by atoms with Crippen LogP contribution in [0.3, 0.4) is 0 Å². The lowest BCUT2D eigenvalue weighted by Crippen LogP contribution is -2.45. The van der Waals surface area contributed by atoms with Crippen LogP contribution in [0.1, 0.15) is 45.4 Å². The first-order chi connectivity index (χ1) is 13.6. The Labute approximate surface area is 193 Å². The van der Waals surface area contributed by atoms with Crippen molar-refractivity contribution in [1.82, 2.24) is 14.9 Å². The summed E-state index contributed by atoms with van der Waals surface area (Å²) in [6.07, 6.45) is 3.55. The molecule has 1 rings (SSSR count). The third-order valence-electron chi connectivity index (χ3n) is 4.64. The number of carbonyl (C=O) groups is 1. The van der Waals surface area contributed by atoms with E-state index in [1.807, 2.05) is 6.92 Å². The quantitative estimate of drug-likeness (QED) is 0.137. The maximum Gasteiger partial charge on any atom is 0.511 e. The van der Waals surface area contributed by atoms with Crippen LogP contribution in [0.5, 0.6) is 0 Å². The molecule has 13 heteroatoms. The summed E-state index contributed by atoms with van der Waals surface area (Å²) >= 11 is 0. The van der Waals surface area contributed by atoms with E-state index in [2.05, 4.69) is 20.4 Å². The zero-order valence-corrected chi connectivity index (χ0v) is 20.5. The predicted octanol–water partition coefficient (Wildman–Crippen LogP) is 2.45. The minimum Gasteiger partial charge on any atom is -0.469 e. The largest absolute Gasteiger partial charge is 0.511 e. The Morgan fingerprint density at radius 3 is 2.33 bits per heavy atom.